The molecule has 5 rings (SSSR count). The zero-order chi connectivity index (χ0) is 24.6. The molecule has 1 saturated heterocycles. The van der Waals surface area contributed by atoms with Gasteiger partial charge in [-0.2, -0.15) is 5.10 Å². The van der Waals surface area contributed by atoms with E-state index in [-0.39, 0.29) is 5.91 Å². The minimum absolute atomic E-state index is 0.266. The topological polar surface area (TPSA) is 92.1 Å². The molecule has 6 radical (unpaired) electrons. The van der Waals surface area contributed by atoms with Crippen molar-refractivity contribution in [1.29, 1.82) is 0 Å². The van der Waals surface area contributed by atoms with Crippen molar-refractivity contribution in [1.82, 2.24) is 29.6 Å². The molecule has 0 spiro atoms. The molecular weight excluding hydrogens is 437 g/mol. The molecule has 0 aliphatic carbocycles. The van der Waals surface area contributed by atoms with Gasteiger partial charge in [-0.15, -0.1) is 0 Å². The van der Waals surface area contributed by atoms with Gasteiger partial charge < -0.3 is 15.1 Å². The van der Waals surface area contributed by atoms with Gasteiger partial charge in [0.2, 0.25) is 0 Å². The zero-order valence-corrected chi connectivity index (χ0v) is 19.3. The van der Waals surface area contributed by atoms with E-state index in [1.165, 1.54) is 4.68 Å². The summed E-state index contributed by atoms with van der Waals surface area (Å²) in [6.45, 7) is 3.66. The summed E-state index contributed by atoms with van der Waals surface area (Å²) in [7, 11) is 19.2. The first kappa shape index (κ1) is 23.1. The molecule has 0 saturated carbocycles. The third-order valence-corrected chi connectivity index (χ3v) is 5.93. The van der Waals surface area contributed by atoms with Crippen molar-refractivity contribution < 1.29 is 4.79 Å². The molecule has 0 aromatic carbocycles. The number of anilines is 2. The molecule has 0 unspecified atom stereocenters. The Balaban J connectivity index is 1.35. The van der Waals surface area contributed by atoms with Gasteiger partial charge >= 0.3 is 0 Å². The van der Waals surface area contributed by atoms with E-state index in [2.05, 4.69) is 42.2 Å². The third kappa shape index (κ3) is 5.07. The van der Waals surface area contributed by atoms with E-state index in [0.29, 0.717) is 28.2 Å². The minimum Gasteiger partial charge on any atom is -0.354 e. The Bertz CT molecular complexity index is 1380. The molecule has 4 aromatic heterocycles. The highest BCUT2D eigenvalue weighted by molar-refractivity contribution is 6.56. The van der Waals surface area contributed by atoms with Crippen LogP contribution in [0.2, 0.25) is 0 Å². The first-order valence-electron chi connectivity index (χ1n) is 11.2. The van der Waals surface area contributed by atoms with E-state index in [9.17, 15) is 4.79 Å². The van der Waals surface area contributed by atoms with Crippen LogP contribution in [0.4, 0.5) is 11.6 Å². The van der Waals surface area contributed by atoms with Gasteiger partial charge in [-0.05, 0) is 36.6 Å². The van der Waals surface area contributed by atoms with Gasteiger partial charge in [0.1, 0.15) is 11.6 Å². The normalized spacial score (nSPS) is 14.8. The molecule has 1 aliphatic rings. The lowest BCUT2D eigenvalue weighted by molar-refractivity contribution is 0.102. The highest BCUT2D eigenvalue weighted by Gasteiger charge is 2.18. The predicted molar refractivity (Wildman–Crippen MR) is 138 cm³/mol. The fourth-order valence-corrected chi connectivity index (χ4v) is 3.87. The summed E-state index contributed by atoms with van der Waals surface area (Å²) >= 11 is 0. The number of fused-ring (bicyclic) bond motifs is 1. The van der Waals surface area contributed by atoms with Gasteiger partial charge in [0.15, 0.2) is 0 Å². The monoisotopic (exact) mass is 458 g/mol. The number of likely N-dealkylation sites (N-methyl/N-ethyl adjacent to an activating group) is 1. The van der Waals surface area contributed by atoms with E-state index in [4.69, 9.17) is 23.5 Å². The number of nitrogens with one attached hydrogen (secondary N) is 1. The Labute approximate surface area is 207 Å². The molecule has 0 bridgehead atoms. The lowest BCUT2D eigenvalue weighted by Gasteiger charge is -2.33. The summed E-state index contributed by atoms with van der Waals surface area (Å²) in [5.74, 6) is 0.920. The Morgan fingerprint density at radius 3 is 2.57 bits per heavy atom. The van der Waals surface area contributed by atoms with Crippen LogP contribution in [0.5, 0.6) is 0 Å². The molecule has 35 heavy (non-hydrogen) atoms. The van der Waals surface area contributed by atoms with Crippen molar-refractivity contribution >= 4 is 52.0 Å². The average molecular weight is 458 g/mol. The zero-order valence-electron chi connectivity index (χ0n) is 19.3. The van der Waals surface area contributed by atoms with Crippen LogP contribution in [0, 0.1) is 0 Å². The fourth-order valence-electron chi connectivity index (χ4n) is 3.87. The summed E-state index contributed by atoms with van der Waals surface area (Å²) in [4.78, 5) is 30.9. The van der Waals surface area contributed by atoms with Gasteiger partial charge in [0.25, 0.3) is 5.91 Å². The van der Waals surface area contributed by atoms with Crippen molar-refractivity contribution in [3.05, 3.63) is 60.7 Å². The van der Waals surface area contributed by atoms with Gasteiger partial charge in [0.05, 0.1) is 40.9 Å². The molecule has 1 aliphatic heterocycles. The summed E-state index contributed by atoms with van der Waals surface area (Å²) < 4.78 is 1.26. The number of amides is 1. The number of carbonyl (C=O) groups is 1. The summed E-state index contributed by atoms with van der Waals surface area (Å²) in [6.07, 6.45) is 6.53. The van der Waals surface area contributed by atoms with E-state index in [0.717, 1.165) is 37.4 Å². The Kier molecular flexibility index (Phi) is 6.06. The second-order valence-electron chi connectivity index (χ2n) is 8.67. The van der Waals surface area contributed by atoms with E-state index in [1.807, 2.05) is 18.2 Å². The molecule has 168 valence electrons. The van der Waals surface area contributed by atoms with Crippen molar-refractivity contribution in [3.8, 4) is 11.3 Å². The standard InChI is InChI=1S/C23H21B3N8O/c1-32-6-8-33(9-7-32)21-10-15(4-5-27-21)22(35)31-20-11-19-16(12-28-20)2-3-18(30-19)17-13-29-34(14-17)23(24,25)26/h2-5,10-14H,6-9H2,1H3,(H,28,31,35). The van der Waals surface area contributed by atoms with Gasteiger partial charge in [-0.25, -0.2) is 15.0 Å². The largest absolute Gasteiger partial charge is 0.354 e. The van der Waals surface area contributed by atoms with Crippen LogP contribution in [0.25, 0.3) is 22.2 Å². The predicted octanol–water partition coefficient (Wildman–Crippen LogP) is 0.966. The molecule has 12 heteroatoms. The number of nitrogens with zero attached hydrogens (tertiary/aromatic N) is 7. The molecule has 1 amide bonds. The van der Waals surface area contributed by atoms with Crippen molar-refractivity contribution in [3.63, 3.8) is 0 Å². The molecule has 9 nitrogen and oxygen atoms in total. The number of aromatic nitrogens is 5. The summed E-state index contributed by atoms with van der Waals surface area (Å²) in [5.41, 5.74) is 2.53. The lowest BCUT2D eigenvalue weighted by Crippen LogP contribution is -2.44. The SMILES string of the molecule is [B]C([B])([B])n1cc(-c2ccc3cnc(NC(=O)c4ccnc(N5CCN(C)CC5)c4)cc3n2)cn1. The van der Waals surface area contributed by atoms with Crippen LogP contribution < -0.4 is 10.2 Å². The van der Waals surface area contributed by atoms with E-state index in [1.54, 1.807) is 36.9 Å². The highest BCUT2D eigenvalue weighted by atomic mass is 16.1. The quantitative estimate of drug-likeness (QED) is 0.446. The van der Waals surface area contributed by atoms with Crippen molar-refractivity contribution in [2.24, 2.45) is 0 Å². The maximum absolute atomic E-state index is 12.9. The molecular formula is C23H21B3N8O. The van der Waals surface area contributed by atoms with E-state index < -0.39 is 5.24 Å². The molecule has 1 N–H and O–H groups in total. The number of piperazine rings is 1. The van der Waals surface area contributed by atoms with E-state index >= 15 is 0 Å². The first-order valence-corrected chi connectivity index (χ1v) is 11.2. The molecule has 5 heterocycles. The van der Waals surface area contributed by atoms with Crippen LogP contribution >= 0.6 is 0 Å². The lowest BCUT2D eigenvalue weighted by atomic mass is 9.49. The van der Waals surface area contributed by atoms with Crippen LogP contribution in [-0.4, -0.2) is 92.3 Å². The molecule has 1 fully saturated rings. The number of hydrogen-bond donors (Lipinski definition) is 1. The second-order valence-corrected chi connectivity index (χ2v) is 8.67. The Morgan fingerprint density at radius 2 is 1.83 bits per heavy atom. The minimum atomic E-state index is -1.60. The third-order valence-electron chi connectivity index (χ3n) is 5.93. The number of rotatable bonds is 5. The van der Waals surface area contributed by atoms with Crippen molar-refractivity contribution in [2.45, 2.75) is 5.24 Å². The van der Waals surface area contributed by atoms with Crippen LogP contribution in [0.15, 0.2) is 55.1 Å². The number of pyridine rings is 3. The number of carbonyl (C=O) groups excluding carboxylic acids is 1. The van der Waals surface area contributed by atoms with Crippen LogP contribution in [0.3, 0.4) is 0 Å². The Morgan fingerprint density at radius 1 is 1.03 bits per heavy atom. The highest BCUT2D eigenvalue weighted by Crippen LogP contribution is 2.23. The fraction of sp³-hybridized carbons (Fsp3) is 0.261. The first-order chi connectivity index (χ1) is 16.8. The average Bonchev–Trinajstić information content (AvgIpc) is 3.35. The number of hydrogen-bond acceptors (Lipinski definition) is 7. The maximum atomic E-state index is 12.9. The second kappa shape index (κ2) is 9.18. The summed E-state index contributed by atoms with van der Waals surface area (Å²) in [5, 5.41) is 6.18. The molecule has 0 atom stereocenters. The Hall–Kier alpha value is -3.66. The van der Waals surface area contributed by atoms with Gasteiger partial charge in [-0.1, -0.05) is 0 Å². The van der Waals surface area contributed by atoms with Gasteiger partial charge in [-0.3, -0.25) is 9.48 Å². The van der Waals surface area contributed by atoms with Gasteiger partial charge in [0, 0.05) is 67.3 Å². The maximum Gasteiger partial charge on any atom is 0.257 e. The van der Waals surface area contributed by atoms with Crippen LogP contribution in [0.1, 0.15) is 10.4 Å². The molecule has 4 aromatic rings. The van der Waals surface area contributed by atoms with Crippen LogP contribution in [-0.2, 0) is 5.24 Å². The van der Waals surface area contributed by atoms with Crippen molar-refractivity contribution in [2.75, 3.05) is 43.4 Å². The smallest absolute Gasteiger partial charge is 0.257 e. The summed E-state index contributed by atoms with van der Waals surface area (Å²) in [6, 6.07) is 8.95.